The van der Waals surface area contributed by atoms with Crippen molar-refractivity contribution >= 4 is 37.5 Å². The Morgan fingerprint density at radius 2 is 1.34 bits per heavy atom. The molecule has 1 aliphatic heterocycles. The highest BCUT2D eigenvalue weighted by Crippen LogP contribution is 2.39. The molecule has 7 aromatic carbocycles. The molecular formula is C51H51N3O6S. The molecule has 0 spiro atoms. The van der Waals surface area contributed by atoms with Crippen molar-refractivity contribution in [3.63, 3.8) is 0 Å². The first-order chi connectivity index (χ1) is 29.6. The molecule has 0 bridgehead atoms. The van der Waals surface area contributed by atoms with Crippen molar-refractivity contribution in [1.29, 1.82) is 0 Å². The van der Waals surface area contributed by atoms with Crippen molar-refractivity contribution in [2.45, 2.75) is 68.9 Å². The lowest BCUT2D eigenvalue weighted by Crippen LogP contribution is -2.47. The van der Waals surface area contributed by atoms with Gasteiger partial charge in [0.1, 0.15) is 6.04 Å². The van der Waals surface area contributed by atoms with Gasteiger partial charge in [0.2, 0.25) is 15.9 Å². The molecule has 0 aromatic heterocycles. The van der Waals surface area contributed by atoms with E-state index in [0.717, 1.165) is 39.9 Å². The molecule has 3 N–H and O–H groups in total. The molecule has 1 fully saturated rings. The van der Waals surface area contributed by atoms with Crippen molar-refractivity contribution in [2.24, 2.45) is 0 Å². The number of likely N-dealkylation sites (N-methyl/N-ethyl adjacent to an activating group) is 1. The minimum Gasteiger partial charge on any atom is -0.392 e. The highest BCUT2D eigenvalue weighted by molar-refractivity contribution is 7.89. The summed E-state index contributed by atoms with van der Waals surface area (Å²) in [6.07, 6.45) is -0.212. The monoisotopic (exact) mass is 833 g/mol. The highest BCUT2D eigenvalue weighted by Gasteiger charge is 2.33. The van der Waals surface area contributed by atoms with Gasteiger partial charge in [-0.1, -0.05) is 145 Å². The van der Waals surface area contributed by atoms with E-state index < -0.39 is 28.3 Å². The topological polar surface area (TPSA) is 117 Å². The number of nitrogens with one attached hydrogen (secondary N) is 2. The van der Waals surface area contributed by atoms with Crippen LogP contribution in [-0.4, -0.2) is 50.1 Å². The number of nitrogens with zero attached hydrogens (tertiary/aromatic N) is 1. The van der Waals surface area contributed by atoms with E-state index in [9.17, 15) is 18.3 Å². The second-order valence-corrected chi connectivity index (χ2v) is 17.7. The largest absolute Gasteiger partial charge is 0.392 e. The SMILES string of the molecule is Cc1ccc(S(=O)(=O)N[C@H](Cc2ccccc2)C(=O)NCc2ccc(C3O[C@H](CN(C)Cc4c5ccccc5cc5ccccc45)C[C@H](c4ccc(CO)cc4)O3)cc2)cc1. The third-order valence-electron chi connectivity index (χ3n) is 11.4. The summed E-state index contributed by atoms with van der Waals surface area (Å²) in [6.45, 7) is 3.46. The normalized spacial score (nSPS) is 17.4. The molecule has 7 aromatic rings. The third kappa shape index (κ3) is 10.3. The summed E-state index contributed by atoms with van der Waals surface area (Å²) in [4.78, 5) is 16.1. The van der Waals surface area contributed by atoms with E-state index in [0.29, 0.717) is 13.0 Å². The minimum absolute atomic E-state index is 0.0304. The fourth-order valence-electron chi connectivity index (χ4n) is 8.11. The molecule has 10 heteroatoms. The maximum atomic E-state index is 13.7. The Balaban J connectivity index is 0.974. The molecule has 1 saturated heterocycles. The average molecular weight is 834 g/mol. The maximum absolute atomic E-state index is 13.7. The molecule has 1 heterocycles. The molecule has 1 aliphatic rings. The zero-order valence-electron chi connectivity index (χ0n) is 34.4. The number of ether oxygens (including phenoxy) is 2. The van der Waals surface area contributed by atoms with Gasteiger partial charge < -0.3 is 19.9 Å². The van der Waals surface area contributed by atoms with Gasteiger partial charge in [0.05, 0.1) is 23.7 Å². The van der Waals surface area contributed by atoms with Crippen LogP contribution in [0.1, 0.15) is 57.8 Å². The van der Waals surface area contributed by atoms with Crippen LogP contribution in [0, 0.1) is 6.92 Å². The van der Waals surface area contributed by atoms with Crippen molar-refractivity contribution in [1.82, 2.24) is 14.9 Å². The van der Waals surface area contributed by atoms with E-state index in [-0.39, 0.29) is 36.7 Å². The lowest BCUT2D eigenvalue weighted by molar-refractivity contribution is -0.252. The second kappa shape index (κ2) is 18.9. The highest BCUT2D eigenvalue weighted by atomic mass is 32.2. The van der Waals surface area contributed by atoms with Crippen molar-refractivity contribution in [3.05, 3.63) is 197 Å². The minimum atomic E-state index is -3.97. The molecule has 312 valence electrons. The number of benzene rings is 7. The standard InChI is InChI=1S/C51H51N3O6S/c1-35-16-26-44(27-17-35)61(57,58)53-48(28-36-10-4-3-5-11-36)50(56)52-31-37-18-24-40(25-19-37)51-59-43(30-49(60-51)39-22-20-38(34-55)21-23-39)32-54(2)33-47-45-14-8-6-12-41(45)29-42-13-7-9-15-46(42)47/h3-27,29,43,48-49,51,53,55H,28,30-34H2,1-2H3,(H,52,56)/t43-,48+,49+,51?/m0/s1. The molecule has 61 heavy (non-hydrogen) atoms. The first-order valence-electron chi connectivity index (χ1n) is 20.7. The number of aliphatic hydroxyl groups excluding tert-OH is 1. The van der Waals surface area contributed by atoms with Crippen molar-refractivity contribution in [2.75, 3.05) is 13.6 Å². The van der Waals surface area contributed by atoms with Gasteiger partial charge in [-0.25, -0.2) is 8.42 Å². The van der Waals surface area contributed by atoms with Crippen molar-refractivity contribution < 1.29 is 27.8 Å². The first-order valence-corrected chi connectivity index (χ1v) is 22.2. The molecule has 1 amide bonds. The number of carbonyl (C=O) groups excluding carboxylic acids is 1. The van der Waals surface area contributed by atoms with Crippen LogP contribution in [0.2, 0.25) is 0 Å². The lowest BCUT2D eigenvalue weighted by atomic mass is 9.96. The molecular weight excluding hydrogens is 783 g/mol. The van der Waals surface area contributed by atoms with Crippen LogP contribution in [-0.2, 0) is 50.4 Å². The fourth-order valence-corrected chi connectivity index (χ4v) is 9.30. The Bertz CT molecular complexity index is 2640. The Morgan fingerprint density at radius 3 is 2.00 bits per heavy atom. The van der Waals surface area contributed by atoms with Crippen LogP contribution in [0.5, 0.6) is 0 Å². The number of hydrogen-bond donors (Lipinski definition) is 3. The van der Waals surface area contributed by atoms with Gasteiger partial charge in [-0.15, -0.1) is 0 Å². The summed E-state index contributed by atoms with van der Waals surface area (Å²) in [5, 5.41) is 17.6. The molecule has 0 aliphatic carbocycles. The Kier molecular flexibility index (Phi) is 13.0. The number of rotatable bonds is 15. The van der Waals surface area contributed by atoms with Crippen LogP contribution in [0.4, 0.5) is 0 Å². The summed E-state index contributed by atoms with van der Waals surface area (Å²) < 4.78 is 42.8. The zero-order chi connectivity index (χ0) is 42.3. The molecule has 8 rings (SSSR count). The van der Waals surface area contributed by atoms with E-state index in [1.54, 1.807) is 24.3 Å². The number of aliphatic hydroxyl groups is 1. The average Bonchev–Trinajstić information content (AvgIpc) is 3.28. The van der Waals surface area contributed by atoms with Gasteiger partial charge in [0, 0.05) is 31.6 Å². The van der Waals surface area contributed by atoms with E-state index in [1.165, 1.54) is 27.1 Å². The number of sulfonamides is 1. The quantitative estimate of drug-likeness (QED) is 0.0886. The first kappa shape index (κ1) is 42.0. The van der Waals surface area contributed by atoms with Crippen molar-refractivity contribution in [3.8, 4) is 0 Å². The molecule has 1 unspecified atom stereocenters. The number of aryl methyl sites for hydroxylation is 1. The van der Waals surface area contributed by atoms with Gasteiger partial charge in [0.25, 0.3) is 0 Å². The van der Waals surface area contributed by atoms with Gasteiger partial charge in [-0.2, -0.15) is 4.72 Å². The van der Waals surface area contributed by atoms with E-state index in [2.05, 4.69) is 76.6 Å². The Hall–Kier alpha value is -5.72. The van der Waals surface area contributed by atoms with Crippen LogP contribution in [0.25, 0.3) is 21.5 Å². The lowest BCUT2D eigenvalue weighted by Gasteiger charge is -2.38. The Labute approximate surface area is 358 Å². The number of fused-ring (bicyclic) bond motifs is 2. The summed E-state index contributed by atoms with van der Waals surface area (Å²) >= 11 is 0. The van der Waals surface area contributed by atoms with Crippen LogP contribution in [0.3, 0.4) is 0 Å². The third-order valence-corrected chi connectivity index (χ3v) is 12.9. The zero-order valence-corrected chi connectivity index (χ0v) is 35.2. The summed E-state index contributed by atoms with van der Waals surface area (Å²) in [5.41, 5.74) is 6.58. The summed E-state index contributed by atoms with van der Waals surface area (Å²) in [6, 6.07) is 49.9. The van der Waals surface area contributed by atoms with Gasteiger partial charge >= 0.3 is 0 Å². The predicted molar refractivity (Wildman–Crippen MR) is 240 cm³/mol. The van der Waals surface area contributed by atoms with E-state index in [1.807, 2.05) is 85.8 Å². The van der Waals surface area contributed by atoms with Gasteiger partial charge in [-0.05, 0) is 88.0 Å². The smallest absolute Gasteiger partial charge is 0.241 e. The Morgan fingerprint density at radius 1 is 0.738 bits per heavy atom. The van der Waals surface area contributed by atoms with Crippen LogP contribution < -0.4 is 10.0 Å². The van der Waals surface area contributed by atoms with Crippen LogP contribution in [0.15, 0.2) is 163 Å². The number of amides is 1. The predicted octanol–water partition coefficient (Wildman–Crippen LogP) is 8.68. The second-order valence-electron chi connectivity index (χ2n) is 16.0. The maximum Gasteiger partial charge on any atom is 0.241 e. The van der Waals surface area contributed by atoms with E-state index in [4.69, 9.17) is 9.47 Å². The molecule has 4 atom stereocenters. The number of hydrogen-bond acceptors (Lipinski definition) is 7. The fraction of sp³-hybridized carbons (Fsp3) is 0.235. The summed E-state index contributed by atoms with van der Waals surface area (Å²) in [7, 11) is -1.83. The molecule has 0 radical (unpaired) electrons. The van der Waals surface area contributed by atoms with Gasteiger partial charge in [-0.3, -0.25) is 9.69 Å². The van der Waals surface area contributed by atoms with E-state index >= 15 is 0 Å². The van der Waals surface area contributed by atoms with Gasteiger partial charge in [0.15, 0.2) is 6.29 Å². The summed E-state index contributed by atoms with van der Waals surface area (Å²) in [5.74, 6) is -0.430. The molecule has 9 nitrogen and oxygen atoms in total. The van der Waals surface area contributed by atoms with Crippen LogP contribution >= 0.6 is 0 Å². The number of carbonyl (C=O) groups is 1. The molecule has 0 saturated carbocycles.